The molecule has 5 heteroatoms. The average Bonchev–Trinajstić information content (AvgIpc) is 2.63. The van der Waals surface area contributed by atoms with Gasteiger partial charge in [-0.3, -0.25) is 4.79 Å². The van der Waals surface area contributed by atoms with Gasteiger partial charge in [0.25, 0.3) is 0 Å². The third-order valence-electron chi connectivity index (χ3n) is 2.99. The van der Waals surface area contributed by atoms with Gasteiger partial charge in [0.05, 0.1) is 17.1 Å². The number of nitrogens with one attached hydrogen (secondary N) is 2. The van der Waals surface area contributed by atoms with Crippen molar-refractivity contribution in [1.29, 1.82) is 0 Å². The molecule has 100 valence electrons. The topological polar surface area (TPSA) is 54.0 Å². The Morgan fingerprint density at radius 3 is 2.78 bits per heavy atom. The number of rotatable bonds is 4. The van der Waals surface area contributed by atoms with Crippen molar-refractivity contribution in [2.24, 2.45) is 5.92 Å². The number of carbonyl (C=O) groups excluding carboxylic acids is 1. The van der Waals surface area contributed by atoms with E-state index in [0.29, 0.717) is 12.3 Å². The van der Waals surface area contributed by atoms with Crippen LogP contribution in [0, 0.1) is 5.92 Å². The number of nitrogens with zero attached hydrogens (tertiary/aromatic N) is 1. The molecule has 4 nitrogen and oxygen atoms in total. The summed E-state index contributed by atoms with van der Waals surface area (Å²) in [5, 5.41) is 9.24. The van der Waals surface area contributed by atoms with Gasteiger partial charge in [-0.05, 0) is 0 Å². The van der Waals surface area contributed by atoms with E-state index >= 15 is 0 Å². The number of thiazole rings is 1. The van der Waals surface area contributed by atoms with Crippen LogP contribution in [0.3, 0.4) is 0 Å². The van der Waals surface area contributed by atoms with Gasteiger partial charge < -0.3 is 10.6 Å². The first-order valence-electron chi connectivity index (χ1n) is 6.37. The molecular weight excluding hydrogens is 246 g/mol. The number of carbonyl (C=O) groups is 1. The van der Waals surface area contributed by atoms with Crippen LogP contribution < -0.4 is 10.6 Å². The molecule has 2 heterocycles. The lowest BCUT2D eigenvalue weighted by molar-refractivity contribution is -0.120. The summed E-state index contributed by atoms with van der Waals surface area (Å²) in [5.41, 5.74) is 0.950. The van der Waals surface area contributed by atoms with E-state index in [9.17, 15) is 4.79 Å². The lowest BCUT2D eigenvalue weighted by Gasteiger charge is -2.26. The van der Waals surface area contributed by atoms with Crippen molar-refractivity contribution in [1.82, 2.24) is 15.6 Å². The Labute approximate surface area is 112 Å². The van der Waals surface area contributed by atoms with Crippen LogP contribution in [0.15, 0.2) is 5.38 Å². The van der Waals surface area contributed by atoms with Crippen LogP contribution in [-0.4, -0.2) is 30.5 Å². The number of hydrogen-bond donors (Lipinski definition) is 2. The van der Waals surface area contributed by atoms with Crippen molar-refractivity contribution in [2.75, 3.05) is 19.6 Å². The van der Waals surface area contributed by atoms with Gasteiger partial charge in [0.1, 0.15) is 0 Å². The van der Waals surface area contributed by atoms with E-state index in [1.165, 1.54) is 0 Å². The van der Waals surface area contributed by atoms with E-state index in [1.807, 2.05) is 5.38 Å². The van der Waals surface area contributed by atoms with E-state index in [4.69, 9.17) is 0 Å². The van der Waals surface area contributed by atoms with E-state index in [1.54, 1.807) is 11.3 Å². The molecule has 0 unspecified atom stereocenters. The molecule has 1 amide bonds. The molecule has 0 radical (unpaired) electrons. The molecule has 1 fully saturated rings. The molecule has 0 bridgehead atoms. The van der Waals surface area contributed by atoms with Crippen molar-refractivity contribution < 1.29 is 4.79 Å². The third-order valence-corrected chi connectivity index (χ3v) is 4.31. The molecule has 1 aliphatic rings. The molecule has 2 rings (SSSR count). The van der Waals surface area contributed by atoms with E-state index in [-0.39, 0.29) is 11.3 Å². The van der Waals surface area contributed by atoms with Crippen molar-refractivity contribution in [3.05, 3.63) is 16.1 Å². The molecule has 2 N–H and O–H groups in total. The normalized spacial score (nSPS) is 16.4. The first-order valence-corrected chi connectivity index (χ1v) is 7.25. The smallest absolute Gasteiger partial charge is 0.226 e. The van der Waals surface area contributed by atoms with Crippen LogP contribution in [0.1, 0.15) is 31.5 Å². The predicted octanol–water partition coefficient (Wildman–Crippen LogP) is 1.32. The molecule has 0 atom stereocenters. The zero-order valence-electron chi connectivity index (χ0n) is 11.2. The predicted molar refractivity (Wildman–Crippen MR) is 73.9 cm³/mol. The highest BCUT2D eigenvalue weighted by Crippen LogP contribution is 2.25. The van der Waals surface area contributed by atoms with Crippen molar-refractivity contribution in [3.63, 3.8) is 0 Å². The highest BCUT2D eigenvalue weighted by molar-refractivity contribution is 7.09. The summed E-state index contributed by atoms with van der Waals surface area (Å²) in [5.74, 6) is 0.683. The Morgan fingerprint density at radius 2 is 2.28 bits per heavy atom. The van der Waals surface area contributed by atoms with Crippen LogP contribution in [0.25, 0.3) is 0 Å². The molecule has 1 saturated heterocycles. The Hall–Kier alpha value is -0.940. The van der Waals surface area contributed by atoms with Crippen LogP contribution in [0.4, 0.5) is 0 Å². The van der Waals surface area contributed by atoms with E-state index in [0.717, 1.165) is 30.3 Å². The number of aromatic nitrogens is 1. The Kier molecular flexibility index (Phi) is 4.02. The van der Waals surface area contributed by atoms with Gasteiger partial charge in [-0.25, -0.2) is 4.98 Å². The van der Waals surface area contributed by atoms with Gasteiger partial charge in [-0.1, -0.05) is 20.8 Å². The lowest BCUT2D eigenvalue weighted by Crippen LogP contribution is -2.48. The van der Waals surface area contributed by atoms with Crippen LogP contribution in [0.2, 0.25) is 0 Å². The minimum absolute atomic E-state index is 0.0665. The van der Waals surface area contributed by atoms with Gasteiger partial charge in [-0.15, -0.1) is 11.3 Å². The van der Waals surface area contributed by atoms with Crippen molar-refractivity contribution in [2.45, 2.75) is 32.6 Å². The molecule has 0 aliphatic carbocycles. The number of amides is 1. The zero-order chi connectivity index (χ0) is 13.2. The summed E-state index contributed by atoms with van der Waals surface area (Å²) in [7, 11) is 0. The first-order chi connectivity index (χ1) is 8.45. The second kappa shape index (κ2) is 5.36. The monoisotopic (exact) mass is 267 g/mol. The summed E-state index contributed by atoms with van der Waals surface area (Å²) >= 11 is 1.64. The summed E-state index contributed by atoms with van der Waals surface area (Å²) in [6.45, 7) is 9.23. The molecule has 0 saturated carbocycles. The maximum atomic E-state index is 11.7. The quantitative estimate of drug-likeness (QED) is 0.865. The molecule has 0 aromatic carbocycles. The Morgan fingerprint density at radius 1 is 1.56 bits per heavy atom. The molecule has 1 aromatic heterocycles. The maximum absolute atomic E-state index is 11.7. The van der Waals surface area contributed by atoms with Gasteiger partial charge in [0.15, 0.2) is 0 Å². The van der Waals surface area contributed by atoms with E-state index in [2.05, 4.69) is 36.4 Å². The molecule has 1 aliphatic heterocycles. The Bertz CT molecular complexity index is 418. The second-order valence-electron chi connectivity index (χ2n) is 5.90. The van der Waals surface area contributed by atoms with E-state index < -0.39 is 0 Å². The standard InChI is InChI=1S/C13H21N3OS/c1-13(2,3)12-16-10(8-18-12)4-11(17)15-7-9-5-14-6-9/h8-9,14H,4-7H2,1-3H3,(H,15,17). The minimum Gasteiger partial charge on any atom is -0.355 e. The highest BCUT2D eigenvalue weighted by atomic mass is 32.1. The molecule has 0 spiro atoms. The van der Waals surface area contributed by atoms with Gasteiger partial charge in [0, 0.05) is 36.3 Å². The fourth-order valence-electron chi connectivity index (χ4n) is 1.71. The molecule has 18 heavy (non-hydrogen) atoms. The largest absolute Gasteiger partial charge is 0.355 e. The van der Waals surface area contributed by atoms with Crippen molar-refractivity contribution >= 4 is 17.2 Å². The number of hydrogen-bond acceptors (Lipinski definition) is 4. The fraction of sp³-hybridized carbons (Fsp3) is 0.692. The second-order valence-corrected chi connectivity index (χ2v) is 6.76. The van der Waals surface area contributed by atoms with Crippen molar-refractivity contribution in [3.8, 4) is 0 Å². The van der Waals surface area contributed by atoms with Gasteiger partial charge in [-0.2, -0.15) is 0 Å². The van der Waals surface area contributed by atoms with Crippen LogP contribution in [-0.2, 0) is 16.6 Å². The molecular formula is C13H21N3OS. The summed E-state index contributed by atoms with van der Waals surface area (Å²) in [4.78, 5) is 16.3. The first kappa shape index (κ1) is 13.5. The van der Waals surface area contributed by atoms with Crippen LogP contribution in [0.5, 0.6) is 0 Å². The van der Waals surface area contributed by atoms with Gasteiger partial charge >= 0.3 is 0 Å². The highest BCUT2D eigenvalue weighted by Gasteiger charge is 2.20. The fourth-order valence-corrected chi connectivity index (χ4v) is 2.62. The summed E-state index contributed by atoms with van der Waals surface area (Å²) < 4.78 is 0. The molecule has 1 aromatic rings. The zero-order valence-corrected chi connectivity index (χ0v) is 12.1. The summed E-state index contributed by atoms with van der Waals surface area (Å²) in [6.07, 6.45) is 0.396. The van der Waals surface area contributed by atoms with Gasteiger partial charge in [0.2, 0.25) is 5.91 Å². The van der Waals surface area contributed by atoms with Crippen LogP contribution >= 0.6 is 11.3 Å². The minimum atomic E-state index is 0.0665. The summed E-state index contributed by atoms with van der Waals surface area (Å²) in [6, 6.07) is 0. The Balaban J connectivity index is 1.81. The lowest BCUT2D eigenvalue weighted by atomic mass is 9.98. The average molecular weight is 267 g/mol. The SMILES string of the molecule is CC(C)(C)c1nc(CC(=O)NCC2CNC2)cs1. The maximum Gasteiger partial charge on any atom is 0.226 e. The third kappa shape index (κ3) is 3.53.